The Hall–Kier alpha value is -2.95. The van der Waals surface area contributed by atoms with Gasteiger partial charge in [0, 0.05) is 36.7 Å². The predicted molar refractivity (Wildman–Crippen MR) is 110 cm³/mol. The molecular weight excluding hydrogens is 354 g/mol. The first-order valence-corrected chi connectivity index (χ1v) is 9.56. The standard InChI is InChI=1S/C23H27NO4/c1-26-21-12-10-19(22(15-21)27-2)11-13-23(25)24-14-6-7-18(16-24)17-28-20-8-4-3-5-9-20/h3-5,8-13,15,18H,6-7,14,16-17H2,1-2H3/b13-11+. The average Bonchev–Trinajstić information content (AvgIpc) is 2.76. The number of benzene rings is 2. The van der Waals surface area contributed by atoms with E-state index in [2.05, 4.69) is 0 Å². The second-order valence-corrected chi connectivity index (χ2v) is 6.86. The van der Waals surface area contributed by atoms with Gasteiger partial charge < -0.3 is 19.1 Å². The second kappa shape index (κ2) is 9.83. The Morgan fingerprint density at radius 1 is 1.11 bits per heavy atom. The first-order valence-electron chi connectivity index (χ1n) is 9.56. The monoisotopic (exact) mass is 381 g/mol. The number of nitrogens with zero attached hydrogens (tertiary/aromatic N) is 1. The fourth-order valence-corrected chi connectivity index (χ4v) is 3.35. The number of carbonyl (C=O) groups excluding carboxylic acids is 1. The summed E-state index contributed by atoms with van der Waals surface area (Å²) in [6.45, 7) is 2.13. The van der Waals surface area contributed by atoms with Crippen LogP contribution in [0.3, 0.4) is 0 Å². The number of ether oxygens (including phenoxy) is 3. The normalized spacial score (nSPS) is 16.8. The molecule has 1 unspecified atom stereocenters. The average molecular weight is 381 g/mol. The van der Waals surface area contributed by atoms with E-state index in [9.17, 15) is 4.79 Å². The highest BCUT2D eigenvalue weighted by molar-refractivity contribution is 5.92. The fraction of sp³-hybridized carbons (Fsp3) is 0.348. The molecule has 5 nitrogen and oxygen atoms in total. The Kier molecular flexibility index (Phi) is 6.95. The lowest BCUT2D eigenvalue weighted by Crippen LogP contribution is -2.40. The molecule has 1 heterocycles. The zero-order chi connectivity index (χ0) is 19.8. The molecule has 1 amide bonds. The molecule has 0 aliphatic carbocycles. The Bertz CT molecular complexity index is 804. The van der Waals surface area contributed by atoms with Gasteiger partial charge in [0.2, 0.25) is 5.91 Å². The van der Waals surface area contributed by atoms with Crippen LogP contribution in [-0.2, 0) is 4.79 Å². The van der Waals surface area contributed by atoms with Crippen LogP contribution in [0.15, 0.2) is 54.6 Å². The molecular formula is C23H27NO4. The van der Waals surface area contributed by atoms with E-state index < -0.39 is 0 Å². The van der Waals surface area contributed by atoms with Crippen LogP contribution >= 0.6 is 0 Å². The van der Waals surface area contributed by atoms with Gasteiger partial charge in [-0.05, 0) is 43.2 Å². The summed E-state index contributed by atoms with van der Waals surface area (Å²) in [5, 5.41) is 0. The molecule has 0 aromatic heterocycles. The Morgan fingerprint density at radius 3 is 2.68 bits per heavy atom. The number of hydrogen-bond donors (Lipinski definition) is 0. The summed E-state index contributed by atoms with van der Waals surface area (Å²) in [6, 6.07) is 15.3. The van der Waals surface area contributed by atoms with E-state index in [-0.39, 0.29) is 5.91 Å². The summed E-state index contributed by atoms with van der Waals surface area (Å²) in [6.07, 6.45) is 5.48. The third kappa shape index (κ3) is 5.28. The molecule has 1 fully saturated rings. The molecule has 2 aromatic rings. The highest BCUT2D eigenvalue weighted by Crippen LogP contribution is 2.26. The first kappa shape index (κ1) is 19.8. The second-order valence-electron chi connectivity index (χ2n) is 6.86. The van der Waals surface area contributed by atoms with Gasteiger partial charge in [0.05, 0.1) is 20.8 Å². The van der Waals surface area contributed by atoms with Gasteiger partial charge in [-0.25, -0.2) is 0 Å². The predicted octanol–water partition coefficient (Wildman–Crippen LogP) is 4.03. The number of carbonyl (C=O) groups is 1. The van der Waals surface area contributed by atoms with Gasteiger partial charge in [0.15, 0.2) is 0 Å². The smallest absolute Gasteiger partial charge is 0.246 e. The summed E-state index contributed by atoms with van der Waals surface area (Å²) in [4.78, 5) is 14.5. The van der Waals surface area contributed by atoms with Crippen molar-refractivity contribution in [3.63, 3.8) is 0 Å². The van der Waals surface area contributed by atoms with Crippen LogP contribution in [0.25, 0.3) is 6.08 Å². The Balaban J connectivity index is 1.57. The van der Waals surface area contributed by atoms with Crippen LogP contribution in [0.2, 0.25) is 0 Å². The van der Waals surface area contributed by atoms with E-state index in [0.29, 0.717) is 18.3 Å². The zero-order valence-electron chi connectivity index (χ0n) is 16.5. The highest BCUT2D eigenvalue weighted by atomic mass is 16.5. The van der Waals surface area contributed by atoms with Crippen molar-refractivity contribution in [3.05, 3.63) is 60.2 Å². The maximum atomic E-state index is 12.6. The maximum absolute atomic E-state index is 12.6. The van der Waals surface area contributed by atoms with Gasteiger partial charge in [-0.3, -0.25) is 4.79 Å². The number of piperidine rings is 1. The molecule has 0 saturated carbocycles. The Morgan fingerprint density at radius 2 is 1.93 bits per heavy atom. The van der Waals surface area contributed by atoms with Crippen LogP contribution in [0.5, 0.6) is 17.2 Å². The van der Waals surface area contributed by atoms with Crippen molar-refractivity contribution in [1.29, 1.82) is 0 Å². The lowest BCUT2D eigenvalue weighted by Gasteiger charge is -2.32. The molecule has 0 bridgehead atoms. The van der Waals surface area contributed by atoms with Gasteiger partial charge in [-0.2, -0.15) is 0 Å². The summed E-state index contributed by atoms with van der Waals surface area (Å²) < 4.78 is 16.5. The van der Waals surface area contributed by atoms with Crippen molar-refractivity contribution in [3.8, 4) is 17.2 Å². The van der Waals surface area contributed by atoms with Gasteiger partial charge in [0.25, 0.3) is 0 Å². The molecule has 5 heteroatoms. The molecule has 1 atom stereocenters. The van der Waals surface area contributed by atoms with Crippen molar-refractivity contribution in [2.45, 2.75) is 12.8 Å². The quantitative estimate of drug-likeness (QED) is 0.680. The maximum Gasteiger partial charge on any atom is 0.246 e. The van der Waals surface area contributed by atoms with Crippen LogP contribution in [0.4, 0.5) is 0 Å². The van der Waals surface area contributed by atoms with Gasteiger partial charge >= 0.3 is 0 Å². The molecule has 0 radical (unpaired) electrons. The zero-order valence-corrected chi connectivity index (χ0v) is 16.5. The minimum absolute atomic E-state index is 0.0160. The van der Waals surface area contributed by atoms with Gasteiger partial charge in [0.1, 0.15) is 17.2 Å². The van der Waals surface area contributed by atoms with E-state index in [4.69, 9.17) is 14.2 Å². The van der Waals surface area contributed by atoms with E-state index in [1.54, 1.807) is 26.4 Å². The highest BCUT2D eigenvalue weighted by Gasteiger charge is 2.23. The van der Waals surface area contributed by atoms with Crippen molar-refractivity contribution in [1.82, 2.24) is 4.90 Å². The third-order valence-electron chi connectivity index (χ3n) is 4.91. The number of methoxy groups -OCH3 is 2. The van der Waals surface area contributed by atoms with E-state index in [0.717, 1.165) is 43.0 Å². The number of likely N-dealkylation sites (tertiary alicyclic amines) is 1. The van der Waals surface area contributed by atoms with E-state index in [1.807, 2.05) is 53.4 Å². The summed E-state index contributed by atoms with van der Waals surface area (Å²) in [7, 11) is 3.22. The largest absolute Gasteiger partial charge is 0.497 e. The minimum atomic E-state index is 0.0160. The number of rotatable bonds is 7. The van der Waals surface area contributed by atoms with Gasteiger partial charge in [-0.15, -0.1) is 0 Å². The number of para-hydroxylation sites is 1. The minimum Gasteiger partial charge on any atom is -0.497 e. The molecule has 1 aliphatic heterocycles. The van der Waals surface area contributed by atoms with Crippen LogP contribution < -0.4 is 14.2 Å². The number of amides is 1. The molecule has 3 rings (SSSR count). The molecule has 2 aromatic carbocycles. The van der Waals surface area contributed by atoms with E-state index in [1.165, 1.54) is 0 Å². The molecule has 0 N–H and O–H groups in total. The topological polar surface area (TPSA) is 48.0 Å². The fourth-order valence-electron chi connectivity index (χ4n) is 3.35. The van der Waals surface area contributed by atoms with Gasteiger partial charge in [-0.1, -0.05) is 18.2 Å². The lowest BCUT2D eigenvalue weighted by atomic mass is 9.99. The summed E-state index contributed by atoms with van der Waals surface area (Å²) in [5.74, 6) is 2.63. The molecule has 28 heavy (non-hydrogen) atoms. The van der Waals surface area contributed by atoms with Crippen LogP contribution in [-0.4, -0.2) is 44.7 Å². The summed E-state index contributed by atoms with van der Waals surface area (Å²) >= 11 is 0. The third-order valence-corrected chi connectivity index (χ3v) is 4.91. The molecule has 0 spiro atoms. The Labute approximate surface area is 166 Å². The SMILES string of the molecule is COc1ccc(/C=C/C(=O)N2CCCC(COc3ccccc3)C2)c(OC)c1. The molecule has 148 valence electrons. The van der Waals surface area contributed by atoms with Crippen molar-refractivity contribution < 1.29 is 19.0 Å². The molecule has 1 aliphatic rings. The van der Waals surface area contributed by atoms with Crippen LogP contribution in [0, 0.1) is 5.92 Å². The van der Waals surface area contributed by atoms with E-state index >= 15 is 0 Å². The molecule has 1 saturated heterocycles. The van der Waals surface area contributed by atoms with Crippen molar-refractivity contribution in [2.24, 2.45) is 5.92 Å². The first-order chi connectivity index (χ1) is 13.7. The summed E-state index contributed by atoms with van der Waals surface area (Å²) in [5.41, 5.74) is 0.845. The van der Waals surface area contributed by atoms with Crippen molar-refractivity contribution in [2.75, 3.05) is 33.9 Å². The number of hydrogen-bond acceptors (Lipinski definition) is 4. The van der Waals surface area contributed by atoms with Crippen molar-refractivity contribution >= 4 is 12.0 Å². The lowest BCUT2D eigenvalue weighted by molar-refractivity contribution is -0.127. The van der Waals surface area contributed by atoms with Crippen LogP contribution in [0.1, 0.15) is 18.4 Å².